The molecule has 1 saturated carbocycles. The molecule has 0 aromatic heterocycles. The van der Waals surface area contributed by atoms with Crippen molar-refractivity contribution in [3.05, 3.63) is 59.7 Å². The molecular weight excluding hydrogens is 448 g/mol. The number of carboxylic acids is 1. The van der Waals surface area contributed by atoms with Gasteiger partial charge in [0.2, 0.25) is 5.91 Å². The van der Waals surface area contributed by atoms with E-state index in [9.17, 15) is 14.4 Å². The number of ether oxygens (including phenoxy) is 2. The van der Waals surface area contributed by atoms with Gasteiger partial charge < -0.3 is 25.2 Å². The fourth-order valence-electron chi connectivity index (χ4n) is 5.54. The van der Waals surface area contributed by atoms with Crippen LogP contribution in [-0.2, 0) is 19.1 Å². The Balaban J connectivity index is 1.07. The van der Waals surface area contributed by atoms with Crippen molar-refractivity contribution in [1.29, 1.82) is 0 Å². The maximum absolute atomic E-state index is 12.6. The lowest BCUT2D eigenvalue weighted by Gasteiger charge is -2.17. The van der Waals surface area contributed by atoms with Gasteiger partial charge in [0, 0.05) is 24.4 Å². The van der Waals surface area contributed by atoms with E-state index in [1.54, 1.807) is 0 Å². The zero-order chi connectivity index (χ0) is 24.4. The first-order valence-corrected chi connectivity index (χ1v) is 12.2. The number of carboxylic acid groups (broad SMARTS) is 1. The molecule has 8 nitrogen and oxygen atoms in total. The zero-order valence-electron chi connectivity index (χ0n) is 19.4. The molecule has 2 aliphatic carbocycles. The Morgan fingerprint density at radius 3 is 2.29 bits per heavy atom. The van der Waals surface area contributed by atoms with Gasteiger partial charge in [-0.2, -0.15) is 0 Å². The van der Waals surface area contributed by atoms with Gasteiger partial charge in [-0.15, -0.1) is 0 Å². The van der Waals surface area contributed by atoms with E-state index in [1.807, 2.05) is 24.3 Å². The highest BCUT2D eigenvalue weighted by Gasteiger charge is 2.34. The molecule has 1 saturated heterocycles. The van der Waals surface area contributed by atoms with Crippen LogP contribution >= 0.6 is 0 Å². The van der Waals surface area contributed by atoms with Gasteiger partial charge in [-0.3, -0.25) is 9.59 Å². The molecule has 0 unspecified atom stereocenters. The molecule has 5 rings (SSSR count). The van der Waals surface area contributed by atoms with Gasteiger partial charge in [0.15, 0.2) is 0 Å². The lowest BCUT2D eigenvalue weighted by molar-refractivity contribution is -0.141. The van der Waals surface area contributed by atoms with Crippen LogP contribution < -0.4 is 10.6 Å². The van der Waals surface area contributed by atoms with Crippen LogP contribution in [0, 0.1) is 11.8 Å². The summed E-state index contributed by atoms with van der Waals surface area (Å²) in [5.41, 5.74) is 4.70. The number of hydrogen-bond acceptors (Lipinski definition) is 5. The van der Waals surface area contributed by atoms with E-state index >= 15 is 0 Å². The number of benzene rings is 2. The number of aliphatic carboxylic acids is 1. The van der Waals surface area contributed by atoms with Crippen LogP contribution in [0.2, 0.25) is 0 Å². The van der Waals surface area contributed by atoms with Crippen molar-refractivity contribution in [1.82, 2.24) is 10.6 Å². The van der Waals surface area contributed by atoms with E-state index in [1.165, 1.54) is 22.3 Å². The molecule has 3 N–H and O–H groups in total. The number of hydrogen-bond donors (Lipinski definition) is 3. The minimum Gasteiger partial charge on any atom is -0.481 e. The average molecular weight is 479 g/mol. The number of carbonyl (C=O) groups is 3. The number of alkyl carbamates (subject to hydrolysis) is 1. The normalized spacial score (nSPS) is 25.0. The van der Waals surface area contributed by atoms with Gasteiger partial charge in [0.1, 0.15) is 6.61 Å². The fraction of sp³-hybridized carbons (Fsp3) is 0.444. The Morgan fingerprint density at radius 1 is 0.943 bits per heavy atom. The number of fused-ring (bicyclic) bond motifs is 3. The minimum atomic E-state index is -0.864. The Labute approximate surface area is 204 Å². The second-order valence-electron chi connectivity index (χ2n) is 9.65. The highest BCUT2D eigenvalue weighted by atomic mass is 16.5. The molecule has 2 amide bonds. The third-order valence-corrected chi connectivity index (χ3v) is 7.40. The van der Waals surface area contributed by atoms with Gasteiger partial charge in [-0.05, 0) is 47.9 Å². The fourth-order valence-corrected chi connectivity index (χ4v) is 5.54. The van der Waals surface area contributed by atoms with E-state index in [0.717, 1.165) is 0 Å². The van der Waals surface area contributed by atoms with Crippen molar-refractivity contribution in [2.75, 3.05) is 19.8 Å². The quantitative estimate of drug-likeness (QED) is 0.563. The molecule has 0 radical (unpaired) electrons. The molecule has 2 aromatic rings. The summed E-state index contributed by atoms with van der Waals surface area (Å²) in [7, 11) is 0. The summed E-state index contributed by atoms with van der Waals surface area (Å²) < 4.78 is 11.1. The summed E-state index contributed by atoms with van der Waals surface area (Å²) in [4.78, 5) is 36.1. The van der Waals surface area contributed by atoms with E-state index < -0.39 is 18.0 Å². The first-order valence-electron chi connectivity index (χ1n) is 12.2. The van der Waals surface area contributed by atoms with Crippen LogP contribution in [0.15, 0.2) is 48.5 Å². The van der Waals surface area contributed by atoms with Crippen molar-refractivity contribution in [2.24, 2.45) is 11.8 Å². The Morgan fingerprint density at radius 2 is 1.63 bits per heavy atom. The lowest BCUT2D eigenvalue weighted by Crippen LogP contribution is -2.37. The van der Waals surface area contributed by atoms with E-state index in [2.05, 4.69) is 34.9 Å². The van der Waals surface area contributed by atoms with Crippen molar-refractivity contribution in [3.63, 3.8) is 0 Å². The minimum absolute atomic E-state index is 0.00813. The molecule has 1 heterocycles. The van der Waals surface area contributed by atoms with Crippen LogP contribution in [0.25, 0.3) is 11.1 Å². The van der Waals surface area contributed by atoms with Crippen LogP contribution in [0.1, 0.15) is 42.7 Å². The van der Waals surface area contributed by atoms with Crippen molar-refractivity contribution < 1.29 is 29.0 Å². The van der Waals surface area contributed by atoms with Crippen LogP contribution in [0.3, 0.4) is 0 Å². The number of amides is 2. The molecule has 2 fully saturated rings. The highest BCUT2D eigenvalue weighted by Crippen LogP contribution is 2.44. The molecule has 1 aliphatic heterocycles. The van der Waals surface area contributed by atoms with E-state index in [0.29, 0.717) is 32.2 Å². The molecule has 35 heavy (non-hydrogen) atoms. The Kier molecular flexibility index (Phi) is 6.72. The summed E-state index contributed by atoms with van der Waals surface area (Å²) >= 11 is 0. The maximum atomic E-state index is 12.6. The summed E-state index contributed by atoms with van der Waals surface area (Å²) in [6, 6.07) is 16.3. The van der Waals surface area contributed by atoms with Crippen molar-refractivity contribution >= 4 is 18.0 Å². The topological polar surface area (TPSA) is 114 Å². The molecule has 3 aliphatic rings. The molecule has 4 atom stereocenters. The summed E-state index contributed by atoms with van der Waals surface area (Å²) in [6.45, 7) is 0.754. The van der Waals surface area contributed by atoms with Crippen molar-refractivity contribution in [2.45, 2.75) is 43.7 Å². The monoisotopic (exact) mass is 478 g/mol. The second-order valence-corrected chi connectivity index (χ2v) is 9.65. The predicted octanol–water partition coefficient (Wildman–Crippen LogP) is 3.30. The van der Waals surface area contributed by atoms with E-state index in [-0.39, 0.29) is 43.1 Å². The van der Waals surface area contributed by atoms with Crippen molar-refractivity contribution in [3.8, 4) is 11.1 Å². The van der Waals surface area contributed by atoms with Gasteiger partial charge in [-0.1, -0.05) is 48.5 Å². The molecule has 184 valence electrons. The lowest BCUT2D eigenvalue weighted by atomic mass is 9.98. The standard InChI is InChI=1S/C27H30N2O6/c30-25(28-13-19-12-17(14-34-19)26(31)32)16-9-10-18(11-16)29-27(33)35-15-24-22-7-3-1-5-20(22)21-6-2-4-8-23(21)24/h1-8,16-19,24H,9-15H2,(H,28,30)(H,29,33)(H,31,32)/t16-,17-,18+,19-/m0/s1. The molecule has 8 heteroatoms. The summed E-state index contributed by atoms with van der Waals surface area (Å²) in [5.74, 6) is -1.63. The van der Waals surface area contributed by atoms with Gasteiger partial charge in [0.25, 0.3) is 0 Å². The third kappa shape index (κ3) is 5.03. The number of rotatable bonds is 7. The van der Waals surface area contributed by atoms with E-state index in [4.69, 9.17) is 14.6 Å². The second kappa shape index (κ2) is 10.1. The number of carbonyl (C=O) groups excluding carboxylic acids is 2. The molecular formula is C27H30N2O6. The molecule has 0 bridgehead atoms. The van der Waals surface area contributed by atoms with Crippen LogP contribution in [-0.4, -0.2) is 55.0 Å². The van der Waals surface area contributed by atoms with Crippen LogP contribution in [0.4, 0.5) is 4.79 Å². The smallest absolute Gasteiger partial charge is 0.407 e. The summed E-state index contributed by atoms with van der Waals surface area (Å²) in [5, 5.41) is 14.9. The number of nitrogens with one attached hydrogen (secondary N) is 2. The third-order valence-electron chi connectivity index (χ3n) is 7.40. The SMILES string of the molecule is O=C(N[C@@H]1CC[C@H](C(=O)NC[C@@H]2C[C@H](C(=O)O)CO2)C1)OCC1c2ccccc2-c2ccccc21. The Bertz CT molecular complexity index is 1070. The Hall–Kier alpha value is -3.39. The van der Waals surface area contributed by atoms with Gasteiger partial charge in [0.05, 0.1) is 18.6 Å². The first-order chi connectivity index (χ1) is 17.0. The average Bonchev–Trinajstić information content (AvgIpc) is 3.59. The predicted molar refractivity (Wildman–Crippen MR) is 128 cm³/mol. The highest BCUT2D eigenvalue weighted by molar-refractivity contribution is 5.80. The summed E-state index contributed by atoms with van der Waals surface area (Å²) in [6.07, 6.45) is 1.63. The van der Waals surface area contributed by atoms with Gasteiger partial charge in [-0.25, -0.2) is 4.79 Å². The molecule has 0 spiro atoms. The first kappa shape index (κ1) is 23.4. The largest absolute Gasteiger partial charge is 0.481 e. The zero-order valence-corrected chi connectivity index (χ0v) is 19.4. The maximum Gasteiger partial charge on any atom is 0.407 e. The van der Waals surface area contributed by atoms with Gasteiger partial charge >= 0.3 is 12.1 Å². The van der Waals surface area contributed by atoms with Crippen LogP contribution in [0.5, 0.6) is 0 Å². The molecule has 2 aromatic carbocycles.